The third kappa shape index (κ3) is 4.19. The maximum absolute atomic E-state index is 13.5. The minimum atomic E-state index is -0.739. The number of fused-ring (bicyclic) bond motifs is 1. The predicted octanol–water partition coefficient (Wildman–Crippen LogP) is 4.73. The van der Waals surface area contributed by atoms with Crippen molar-refractivity contribution in [3.05, 3.63) is 29.5 Å². The van der Waals surface area contributed by atoms with Crippen LogP contribution in [-0.4, -0.2) is 40.1 Å². The Morgan fingerprint density at radius 3 is 2.67 bits per heavy atom. The van der Waals surface area contributed by atoms with Crippen molar-refractivity contribution < 1.29 is 9.90 Å². The van der Waals surface area contributed by atoms with Crippen molar-refractivity contribution in [2.24, 2.45) is 16.3 Å². The van der Waals surface area contributed by atoms with Gasteiger partial charge in [0.1, 0.15) is 22.7 Å². The highest BCUT2D eigenvalue weighted by Crippen LogP contribution is 2.42. The molecule has 2 heterocycles. The summed E-state index contributed by atoms with van der Waals surface area (Å²) in [6.07, 6.45) is 2.84. The molecule has 2 aliphatic heterocycles. The summed E-state index contributed by atoms with van der Waals surface area (Å²) in [5.74, 6) is 0.516. The summed E-state index contributed by atoms with van der Waals surface area (Å²) in [5.41, 5.74) is 1.52. The Hall–Kier alpha value is -1.72. The zero-order chi connectivity index (χ0) is 22.3. The Kier molecular flexibility index (Phi) is 6.45. The number of hydrogen-bond acceptors (Lipinski definition) is 6. The molecule has 6 nitrogen and oxygen atoms in total. The number of nitrogens with zero attached hydrogens (tertiary/aromatic N) is 2. The smallest absolute Gasteiger partial charge is 0.261 e. The number of aliphatic imine (C=N–C) groups is 1. The molecule has 0 saturated heterocycles. The van der Waals surface area contributed by atoms with E-state index in [9.17, 15) is 9.90 Å². The van der Waals surface area contributed by atoms with E-state index < -0.39 is 5.54 Å². The average molecular weight is 449 g/mol. The molecule has 0 spiro atoms. The molecule has 0 bridgehead atoms. The number of rotatable bonds is 6. The van der Waals surface area contributed by atoms with E-state index in [0.717, 1.165) is 23.1 Å². The minimum Gasteiger partial charge on any atom is -0.509 e. The zero-order valence-electron chi connectivity index (χ0n) is 18.9. The van der Waals surface area contributed by atoms with Crippen LogP contribution in [0.3, 0.4) is 0 Å². The highest BCUT2D eigenvalue weighted by molar-refractivity contribution is 7.99. The van der Waals surface area contributed by atoms with Crippen LogP contribution in [0.5, 0.6) is 0 Å². The lowest BCUT2D eigenvalue weighted by atomic mass is 9.84. The van der Waals surface area contributed by atoms with Crippen LogP contribution in [0.2, 0.25) is 0 Å². The third-order valence-electron chi connectivity index (χ3n) is 5.95. The largest absolute Gasteiger partial charge is 0.509 e. The molecule has 3 rings (SSSR count). The highest BCUT2D eigenvalue weighted by Gasteiger charge is 2.52. The maximum Gasteiger partial charge on any atom is 0.261 e. The molecule has 0 radical (unpaired) electrons. The normalized spacial score (nSPS) is 22.5. The number of amides is 1. The predicted molar refractivity (Wildman–Crippen MR) is 130 cm³/mol. The lowest BCUT2D eigenvalue weighted by Crippen LogP contribution is -2.50. The van der Waals surface area contributed by atoms with Gasteiger partial charge in [-0.2, -0.15) is 0 Å². The Morgan fingerprint density at radius 1 is 1.37 bits per heavy atom. The number of aliphatic hydroxyl groups excluding tert-OH is 1. The number of aliphatic hydroxyl groups is 1. The van der Waals surface area contributed by atoms with E-state index in [1.807, 2.05) is 44.1 Å². The number of anilines is 1. The van der Waals surface area contributed by atoms with E-state index in [1.165, 1.54) is 0 Å². The molecule has 0 saturated carbocycles. The van der Waals surface area contributed by atoms with E-state index in [1.54, 1.807) is 11.9 Å². The van der Waals surface area contributed by atoms with Crippen molar-refractivity contribution in [2.75, 3.05) is 17.5 Å². The van der Waals surface area contributed by atoms with Crippen LogP contribution >= 0.6 is 20.7 Å². The molecule has 1 amide bonds. The van der Waals surface area contributed by atoms with E-state index in [4.69, 9.17) is 4.99 Å². The number of hydrogen-bond donors (Lipinski definition) is 3. The van der Waals surface area contributed by atoms with Crippen LogP contribution < -0.4 is 15.1 Å². The van der Waals surface area contributed by atoms with Crippen LogP contribution in [0, 0.1) is 11.3 Å². The van der Waals surface area contributed by atoms with E-state index in [-0.39, 0.29) is 31.7 Å². The first-order valence-electron chi connectivity index (χ1n) is 10.3. The van der Waals surface area contributed by atoms with Gasteiger partial charge >= 0.3 is 0 Å². The van der Waals surface area contributed by atoms with Gasteiger partial charge in [0.2, 0.25) is 0 Å². The topological polar surface area (TPSA) is 77.0 Å². The van der Waals surface area contributed by atoms with Gasteiger partial charge in [0, 0.05) is 32.5 Å². The molecule has 0 aromatic heterocycles. The Morgan fingerprint density at radius 2 is 2.07 bits per heavy atom. The van der Waals surface area contributed by atoms with Crippen molar-refractivity contribution in [1.29, 1.82) is 0 Å². The van der Waals surface area contributed by atoms with Gasteiger partial charge in [-0.15, -0.1) is 0 Å². The van der Waals surface area contributed by atoms with Gasteiger partial charge < -0.3 is 19.8 Å². The maximum atomic E-state index is 13.5. The summed E-state index contributed by atoms with van der Waals surface area (Å²) < 4.78 is 3.23. The summed E-state index contributed by atoms with van der Waals surface area (Å²) in [7, 11) is 0.274. The average Bonchev–Trinajstić information content (AvgIpc) is 2.86. The van der Waals surface area contributed by atoms with Crippen LogP contribution in [0.15, 0.2) is 34.5 Å². The molecule has 164 valence electrons. The first-order valence-corrected chi connectivity index (χ1v) is 12.5. The van der Waals surface area contributed by atoms with E-state index >= 15 is 0 Å². The quantitative estimate of drug-likeness (QED) is 0.433. The highest BCUT2D eigenvalue weighted by atomic mass is 32.2. The van der Waals surface area contributed by atoms with Crippen molar-refractivity contribution in [1.82, 2.24) is 9.99 Å². The standard InChI is InChI=1S/C22H33N4O2PS/c1-13(2)22(6)18(27)17(20(28)26(22)11-10-21(3,4)5)19-23-15-9-8-14(25-30-7)12-16(15)29-24-19/h8-9,12-13,25,27,29H,10-11H2,1-7H3,(H,23,24). The summed E-state index contributed by atoms with van der Waals surface area (Å²) in [4.78, 5) is 20.0. The molecule has 1 aromatic carbocycles. The minimum absolute atomic E-state index is 0.0676. The second-order valence-electron chi connectivity index (χ2n) is 9.54. The summed E-state index contributed by atoms with van der Waals surface area (Å²) in [6.45, 7) is 13.1. The lowest BCUT2D eigenvalue weighted by molar-refractivity contribution is -0.131. The van der Waals surface area contributed by atoms with Gasteiger partial charge in [-0.25, -0.2) is 4.99 Å². The van der Waals surface area contributed by atoms with Crippen molar-refractivity contribution in [3.8, 4) is 0 Å². The fourth-order valence-corrected chi connectivity index (χ4v) is 5.01. The zero-order valence-corrected chi connectivity index (χ0v) is 20.7. The molecule has 1 aromatic rings. The number of benzene rings is 1. The first kappa shape index (κ1) is 23.0. The summed E-state index contributed by atoms with van der Waals surface area (Å²) >= 11 is 1.54. The molecule has 8 heteroatoms. The molecule has 0 aliphatic carbocycles. The van der Waals surface area contributed by atoms with Crippen LogP contribution in [-0.2, 0) is 4.79 Å². The second kappa shape index (κ2) is 8.43. The molecular formula is C22H33N4O2PS. The summed E-state index contributed by atoms with van der Waals surface area (Å²) in [6, 6.07) is 6.00. The van der Waals surface area contributed by atoms with Gasteiger partial charge in [-0.05, 0) is 42.9 Å². The van der Waals surface area contributed by atoms with Gasteiger partial charge in [0.25, 0.3) is 5.91 Å². The molecule has 2 atom stereocenters. The van der Waals surface area contributed by atoms with Gasteiger partial charge in [0.05, 0.1) is 5.69 Å². The van der Waals surface area contributed by atoms with Gasteiger partial charge in [0.15, 0.2) is 0 Å². The fraction of sp³-hybridized carbons (Fsp3) is 0.545. The number of amidine groups is 1. The molecular weight excluding hydrogens is 415 g/mol. The van der Waals surface area contributed by atoms with Crippen LogP contribution in [0.4, 0.5) is 11.4 Å². The van der Waals surface area contributed by atoms with Crippen LogP contribution in [0.1, 0.15) is 48.0 Å². The lowest BCUT2D eigenvalue weighted by Gasteiger charge is -2.40. The SMILES string of the molecule is CSNc1ccc2c(c1)PNC(C1=C(O)C(C)(C(C)C)N(CCC(C)(C)C)C1=O)=N2. The van der Waals surface area contributed by atoms with E-state index in [2.05, 4.69) is 36.6 Å². The number of nitrogens with one attached hydrogen (secondary N) is 2. The number of carbonyl (C=O) groups is 1. The third-order valence-corrected chi connectivity index (χ3v) is 7.42. The van der Waals surface area contributed by atoms with Gasteiger partial charge in [-0.1, -0.05) is 46.6 Å². The molecule has 2 aliphatic rings. The molecule has 2 unspecified atom stereocenters. The Bertz CT molecular complexity index is 907. The number of carbonyl (C=O) groups excluding carboxylic acids is 1. The van der Waals surface area contributed by atoms with Crippen molar-refractivity contribution in [2.45, 2.75) is 53.5 Å². The molecule has 30 heavy (non-hydrogen) atoms. The molecule has 0 fully saturated rings. The second-order valence-corrected chi connectivity index (χ2v) is 11.2. The Balaban J connectivity index is 1.98. The van der Waals surface area contributed by atoms with Crippen molar-refractivity contribution in [3.63, 3.8) is 0 Å². The van der Waals surface area contributed by atoms with Crippen LogP contribution in [0.25, 0.3) is 0 Å². The Labute approximate surface area is 186 Å². The molecule has 3 N–H and O–H groups in total. The fourth-order valence-electron chi connectivity index (χ4n) is 3.72. The summed E-state index contributed by atoms with van der Waals surface area (Å²) in [5, 5.41) is 15.6. The van der Waals surface area contributed by atoms with Gasteiger partial charge in [-0.3, -0.25) is 4.79 Å². The first-order chi connectivity index (χ1) is 14.0. The monoisotopic (exact) mass is 448 g/mol. The van der Waals surface area contributed by atoms with E-state index in [0.29, 0.717) is 18.0 Å². The van der Waals surface area contributed by atoms with Crippen molar-refractivity contribution >= 4 is 49.1 Å².